The number of carbonyl (C=O) groups is 1. The third kappa shape index (κ3) is 3.38. The lowest BCUT2D eigenvalue weighted by Crippen LogP contribution is -2.23. The second kappa shape index (κ2) is 5.94. The summed E-state index contributed by atoms with van der Waals surface area (Å²) in [6, 6.07) is 5.09. The van der Waals surface area contributed by atoms with Crippen LogP contribution in [0.4, 0.5) is 0 Å². The monoisotopic (exact) mass is 312 g/mol. The SMILES string of the molecule is COc1ccc(S(=O)(=O)NCc2ccon2)cc1C(=O)O. The summed E-state index contributed by atoms with van der Waals surface area (Å²) in [7, 11) is -2.56. The summed E-state index contributed by atoms with van der Waals surface area (Å²) < 4.78 is 36.0. The molecule has 0 aliphatic heterocycles. The zero-order valence-corrected chi connectivity index (χ0v) is 11.8. The fourth-order valence-electron chi connectivity index (χ4n) is 1.60. The van der Waals surface area contributed by atoms with Crippen molar-refractivity contribution in [2.75, 3.05) is 7.11 Å². The highest BCUT2D eigenvalue weighted by Crippen LogP contribution is 2.22. The van der Waals surface area contributed by atoms with Crippen LogP contribution in [0.3, 0.4) is 0 Å². The Morgan fingerprint density at radius 3 is 2.76 bits per heavy atom. The van der Waals surface area contributed by atoms with Gasteiger partial charge in [-0.2, -0.15) is 0 Å². The molecule has 0 atom stereocenters. The van der Waals surface area contributed by atoms with E-state index in [0.717, 1.165) is 6.07 Å². The summed E-state index contributed by atoms with van der Waals surface area (Å²) >= 11 is 0. The van der Waals surface area contributed by atoms with Crippen molar-refractivity contribution in [3.8, 4) is 5.75 Å². The van der Waals surface area contributed by atoms with Crippen LogP contribution < -0.4 is 9.46 Å². The molecular weight excluding hydrogens is 300 g/mol. The Hall–Kier alpha value is -2.39. The summed E-state index contributed by atoms with van der Waals surface area (Å²) in [5.74, 6) is -1.20. The Labute approximate surface area is 120 Å². The maximum Gasteiger partial charge on any atom is 0.339 e. The van der Waals surface area contributed by atoms with Crippen molar-refractivity contribution < 1.29 is 27.6 Å². The summed E-state index contributed by atoms with van der Waals surface area (Å²) in [6.07, 6.45) is 1.32. The summed E-state index contributed by atoms with van der Waals surface area (Å²) in [5.41, 5.74) is 0.173. The fourth-order valence-corrected chi connectivity index (χ4v) is 2.63. The number of aromatic carboxylic acids is 1. The van der Waals surface area contributed by atoms with Gasteiger partial charge in [-0.05, 0) is 18.2 Å². The molecule has 1 heterocycles. The highest BCUT2D eigenvalue weighted by molar-refractivity contribution is 7.89. The third-order valence-corrected chi connectivity index (χ3v) is 4.05. The van der Waals surface area contributed by atoms with Crippen LogP contribution in [0.15, 0.2) is 39.9 Å². The molecule has 0 unspecified atom stereocenters. The molecular formula is C12H12N2O6S. The maximum absolute atomic E-state index is 12.1. The summed E-state index contributed by atoms with van der Waals surface area (Å²) in [4.78, 5) is 10.9. The van der Waals surface area contributed by atoms with Gasteiger partial charge in [0.15, 0.2) is 0 Å². The van der Waals surface area contributed by atoms with E-state index >= 15 is 0 Å². The van der Waals surface area contributed by atoms with Crippen LogP contribution in [0.25, 0.3) is 0 Å². The van der Waals surface area contributed by atoms with E-state index in [2.05, 4.69) is 14.4 Å². The van der Waals surface area contributed by atoms with Crippen LogP contribution in [-0.4, -0.2) is 31.8 Å². The topological polar surface area (TPSA) is 119 Å². The lowest BCUT2D eigenvalue weighted by atomic mass is 10.2. The van der Waals surface area contributed by atoms with Gasteiger partial charge >= 0.3 is 5.97 Å². The lowest BCUT2D eigenvalue weighted by Gasteiger charge is -2.09. The number of nitrogens with zero attached hydrogens (tertiary/aromatic N) is 1. The second-order valence-corrected chi connectivity index (χ2v) is 5.75. The van der Waals surface area contributed by atoms with E-state index in [-0.39, 0.29) is 22.8 Å². The standard InChI is InChI=1S/C12H12N2O6S/c1-19-11-3-2-9(6-10(11)12(15)16)21(17,18)13-7-8-4-5-20-14-8/h2-6,13H,7H2,1H3,(H,15,16). The minimum Gasteiger partial charge on any atom is -0.496 e. The first-order valence-corrected chi connectivity index (χ1v) is 7.22. The first-order chi connectivity index (χ1) is 9.94. The van der Waals surface area contributed by atoms with Crippen molar-refractivity contribution in [3.63, 3.8) is 0 Å². The minimum atomic E-state index is -3.87. The number of ether oxygens (including phenoxy) is 1. The molecule has 0 amide bonds. The van der Waals surface area contributed by atoms with Gasteiger partial charge in [0, 0.05) is 6.07 Å². The molecule has 0 bridgehead atoms. The summed E-state index contributed by atoms with van der Waals surface area (Å²) in [5, 5.41) is 12.6. The molecule has 0 saturated heterocycles. The van der Waals surface area contributed by atoms with Gasteiger partial charge in [0.2, 0.25) is 10.0 Å². The average molecular weight is 312 g/mol. The number of nitrogens with one attached hydrogen (secondary N) is 1. The molecule has 2 aromatic rings. The van der Waals surface area contributed by atoms with Gasteiger partial charge in [0.25, 0.3) is 0 Å². The number of carboxylic acids is 1. The molecule has 0 aliphatic rings. The van der Waals surface area contributed by atoms with Gasteiger partial charge < -0.3 is 14.4 Å². The van der Waals surface area contributed by atoms with Crippen molar-refractivity contribution in [2.24, 2.45) is 0 Å². The van der Waals surface area contributed by atoms with Crippen LogP contribution in [0, 0.1) is 0 Å². The number of aromatic nitrogens is 1. The van der Waals surface area contributed by atoms with E-state index in [9.17, 15) is 13.2 Å². The number of sulfonamides is 1. The van der Waals surface area contributed by atoms with E-state index < -0.39 is 16.0 Å². The molecule has 0 saturated carbocycles. The molecule has 0 radical (unpaired) electrons. The van der Waals surface area contributed by atoms with Crippen molar-refractivity contribution in [3.05, 3.63) is 41.8 Å². The van der Waals surface area contributed by atoms with E-state index in [4.69, 9.17) is 9.84 Å². The Morgan fingerprint density at radius 2 is 2.19 bits per heavy atom. The number of carboxylic acid groups (broad SMARTS) is 1. The van der Waals surface area contributed by atoms with E-state index in [0.29, 0.717) is 5.69 Å². The number of rotatable bonds is 6. The van der Waals surface area contributed by atoms with Gasteiger partial charge in [-0.1, -0.05) is 5.16 Å². The molecule has 0 aliphatic carbocycles. The minimum absolute atomic E-state index is 0.0622. The van der Waals surface area contributed by atoms with Crippen LogP contribution in [0.1, 0.15) is 16.1 Å². The smallest absolute Gasteiger partial charge is 0.339 e. The van der Waals surface area contributed by atoms with Crippen LogP contribution >= 0.6 is 0 Å². The summed E-state index contributed by atoms with van der Waals surface area (Å²) in [6.45, 7) is -0.0622. The van der Waals surface area contributed by atoms with Crippen LogP contribution in [0.2, 0.25) is 0 Å². The Kier molecular flexibility index (Phi) is 4.24. The molecule has 0 fully saturated rings. The van der Waals surface area contributed by atoms with Gasteiger partial charge in [-0.25, -0.2) is 17.9 Å². The van der Waals surface area contributed by atoms with Crippen LogP contribution in [0.5, 0.6) is 5.75 Å². The van der Waals surface area contributed by atoms with Gasteiger partial charge in [0.1, 0.15) is 17.6 Å². The molecule has 8 nitrogen and oxygen atoms in total. The van der Waals surface area contributed by atoms with E-state index in [1.165, 1.54) is 31.6 Å². The number of hydrogen-bond acceptors (Lipinski definition) is 6. The Balaban J connectivity index is 2.27. The highest BCUT2D eigenvalue weighted by atomic mass is 32.2. The number of methoxy groups -OCH3 is 1. The van der Waals surface area contributed by atoms with Crippen molar-refractivity contribution >= 4 is 16.0 Å². The first-order valence-electron chi connectivity index (χ1n) is 5.74. The number of benzene rings is 1. The molecule has 9 heteroatoms. The molecule has 21 heavy (non-hydrogen) atoms. The van der Waals surface area contributed by atoms with Crippen molar-refractivity contribution in [1.82, 2.24) is 9.88 Å². The molecule has 2 N–H and O–H groups in total. The maximum atomic E-state index is 12.1. The predicted octanol–water partition coefficient (Wildman–Crippen LogP) is 0.860. The van der Waals surface area contributed by atoms with Gasteiger partial charge in [-0.15, -0.1) is 0 Å². The third-order valence-electron chi connectivity index (χ3n) is 2.65. The number of hydrogen-bond donors (Lipinski definition) is 2. The van der Waals surface area contributed by atoms with Crippen molar-refractivity contribution in [1.29, 1.82) is 0 Å². The Bertz CT molecular complexity index is 739. The Morgan fingerprint density at radius 1 is 1.43 bits per heavy atom. The molecule has 1 aromatic carbocycles. The van der Waals surface area contributed by atoms with E-state index in [1.54, 1.807) is 0 Å². The average Bonchev–Trinajstić information content (AvgIpc) is 2.97. The second-order valence-electron chi connectivity index (χ2n) is 3.98. The fraction of sp³-hybridized carbons (Fsp3) is 0.167. The zero-order valence-electron chi connectivity index (χ0n) is 10.9. The predicted molar refractivity (Wildman–Crippen MR) is 70.5 cm³/mol. The molecule has 112 valence electrons. The normalized spacial score (nSPS) is 11.3. The largest absolute Gasteiger partial charge is 0.496 e. The van der Waals surface area contributed by atoms with Gasteiger partial charge in [0.05, 0.1) is 24.2 Å². The van der Waals surface area contributed by atoms with E-state index in [1.807, 2.05) is 0 Å². The quantitative estimate of drug-likeness (QED) is 0.811. The first kappa shape index (κ1) is 15.0. The highest BCUT2D eigenvalue weighted by Gasteiger charge is 2.19. The van der Waals surface area contributed by atoms with Gasteiger partial charge in [-0.3, -0.25) is 0 Å². The molecule has 1 aromatic heterocycles. The van der Waals surface area contributed by atoms with Crippen LogP contribution in [-0.2, 0) is 16.6 Å². The zero-order chi connectivity index (χ0) is 15.5. The van der Waals surface area contributed by atoms with Crippen molar-refractivity contribution in [2.45, 2.75) is 11.4 Å². The molecule has 0 spiro atoms. The molecule has 2 rings (SSSR count). The lowest BCUT2D eigenvalue weighted by molar-refractivity contribution is 0.0693.